The van der Waals surface area contributed by atoms with Crippen LogP contribution in [0.25, 0.3) is 0 Å². The summed E-state index contributed by atoms with van der Waals surface area (Å²) in [5, 5.41) is 3.54. The average Bonchev–Trinajstić information content (AvgIpc) is 2.18. The van der Waals surface area contributed by atoms with Crippen LogP contribution in [0.2, 0.25) is 0 Å². The van der Waals surface area contributed by atoms with Crippen molar-refractivity contribution in [2.45, 2.75) is 39.3 Å². The Hall–Kier alpha value is -0.120. The molecule has 0 aromatic carbocycles. The SMILES string of the molecule is CC(C)(C)C1CNC2(CCCOC2)OC1. The molecule has 0 aliphatic carbocycles. The van der Waals surface area contributed by atoms with Gasteiger partial charge in [0.05, 0.1) is 13.2 Å². The van der Waals surface area contributed by atoms with Gasteiger partial charge in [0.2, 0.25) is 0 Å². The van der Waals surface area contributed by atoms with E-state index in [0.29, 0.717) is 17.9 Å². The monoisotopic (exact) mass is 213 g/mol. The van der Waals surface area contributed by atoms with E-state index in [1.165, 1.54) is 0 Å². The number of hydrogen-bond donors (Lipinski definition) is 1. The lowest BCUT2D eigenvalue weighted by Gasteiger charge is -2.46. The topological polar surface area (TPSA) is 30.5 Å². The van der Waals surface area contributed by atoms with E-state index in [2.05, 4.69) is 26.1 Å². The van der Waals surface area contributed by atoms with Crippen LogP contribution in [0.4, 0.5) is 0 Å². The van der Waals surface area contributed by atoms with Gasteiger partial charge < -0.3 is 9.47 Å². The normalized spacial score (nSPS) is 38.2. The molecule has 1 N–H and O–H groups in total. The summed E-state index contributed by atoms with van der Waals surface area (Å²) in [6.07, 6.45) is 2.19. The van der Waals surface area contributed by atoms with E-state index in [0.717, 1.165) is 32.6 Å². The zero-order valence-corrected chi connectivity index (χ0v) is 10.1. The summed E-state index contributed by atoms with van der Waals surface area (Å²) in [5.74, 6) is 0.602. The van der Waals surface area contributed by atoms with Crippen molar-refractivity contribution in [2.24, 2.45) is 11.3 Å². The van der Waals surface area contributed by atoms with Gasteiger partial charge >= 0.3 is 0 Å². The molecule has 2 aliphatic heterocycles. The molecule has 0 saturated carbocycles. The Kier molecular flexibility index (Phi) is 3.06. The molecule has 0 radical (unpaired) electrons. The molecular weight excluding hydrogens is 190 g/mol. The number of ether oxygens (including phenoxy) is 2. The third kappa shape index (κ3) is 2.52. The maximum Gasteiger partial charge on any atom is 0.142 e. The van der Waals surface area contributed by atoms with Crippen LogP contribution in [0, 0.1) is 11.3 Å². The molecule has 1 spiro atoms. The largest absolute Gasteiger partial charge is 0.377 e. The van der Waals surface area contributed by atoms with E-state index in [1.807, 2.05) is 0 Å². The van der Waals surface area contributed by atoms with Gasteiger partial charge in [-0.15, -0.1) is 0 Å². The molecule has 3 heteroatoms. The fraction of sp³-hybridized carbons (Fsp3) is 1.00. The molecule has 3 nitrogen and oxygen atoms in total. The van der Waals surface area contributed by atoms with Crippen molar-refractivity contribution in [1.29, 1.82) is 0 Å². The Morgan fingerprint density at radius 1 is 1.33 bits per heavy atom. The van der Waals surface area contributed by atoms with Crippen molar-refractivity contribution in [3.63, 3.8) is 0 Å². The van der Waals surface area contributed by atoms with Crippen LogP contribution in [0.3, 0.4) is 0 Å². The maximum absolute atomic E-state index is 6.01. The van der Waals surface area contributed by atoms with Gasteiger partial charge in [-0.3, -0.25) is 5.32 Å². The molecule has 0 aromatic rings. The van der Waals surface area contributed by atoms with Gasteiger partial charge in [-0.2, -0.15) is 0 Å². The van der Waals surface area contributed by atoms with Gasteiger partial charge in [0.15, 0.2) is 0 Å². The highest BCUT2D eigenvalue weighted by molar-refractivity contribution is 4.89. The molecule has 2 rings (SSSR count). The smallest absolute Gasteiger partial charge is 0.142 e. The lowest BCUT2D eigenvalue weighted by atomic mass is 9.80. The molecule has 88 valence electrons. The predicted molar refractivity (Wildman–Crippen MR) is 59.7 cm³/mol. The predicted octanol–water partition coefficient (Wildman–Crippen LogP) is 1.78. The van der Waals surface area contributed by atoms with Crippen molar-refractivity contribution in [1.82, 2.24) is 5.32 Å². The maximum atomic E-state index is 6.01. The summed E-state index contributed by atoms with van der Waals surface area (Å²) >= 11 is 0. The van der Waals surface area contributed by atoms with Crippen molar-refractivity contribution < 1.29 is 9.47 Å². The molecule has 15 heavy (non-hydrogen) atoms. The molecule has 2 fully saturated rings. The van der Waals surface area contributed by atoms with Crippen LogP contribution >= 0.6 is 0 Å². The Bertz CT molecular complexity index is 206. The van der Waals surface area contributed by atoms with Crippen LogP contribution in [0.15, 0.2) is 0 Å². The lowest BCUT2D eigenvalue weighted by Crippen LogP contribution is -2.60. The second kappa shape index (κ2) is 4.04. The van der Waals surface area contributed by atoms with Gasteiger partial charge in [0.25, 0.3) is 0 Å². The third-order valence-electron chi connectivity index (χ3n) is 3.66. The van der Waals surface area contributed by atoms with Crippen molar-refractivity contribution >= 4 is 0 Å². The molecule has 2 unspecified atom stereocenters. The van der Waals surface area contributed by atoms with Gasteiger partial charge in [-0.05, 0) is 24.2 Å². The van der Waals surface area contributed by atoms with Crippen LogP contribution in [0.1, 0.15) is 33.6 Å². The molecule has 2 saturated heterocycles. The van der Waals surface area contributed by atoms with E-state index in [4.69, 9.17) is 9.47 Å². The molecule has 2 atom stereocenters. The number of hydrogen-bond acceptors (Lipinski definition) is 3. The van der Waals surface area contributed by atoms with Gasteiger partial charge in [0, 0.05) is 13.2 Å². The summed E-state index contributed by atoms with van der Waals surface area (Å²) in [4.78, 5) is 0. The Morgan fingerprint density at radius 2 is 2.13 bits per heavy atom. The molecule has 2 heterocycles. The molecular formula is C12H23NO2. The van der Waals surface area contributed by atoms with Crippen LogP contribution < -0.4 is 5.32 Å². The van der Waals surface area contributed by atoms with E-state index in [9.17, 15) is 0 Å². The van der Waals surface area contributed by atoms with Crippen LogP contribution in [-0.2, 0) is 9.47 Å². The zero-order valence-electron chi connectivity index (χ0n) is 10.1. The molecule has 0 aromatic heterocycles. The highest BCUT2D eigenvalue weighted by Gasteiger charge is 2.40. The first-order valence-corrected chi connectivity index (χ1v) is 5.99. The third-order valence-corrected chi connectivity index (χ3v) is 3.66. The highest BCUT2D eigenvalue weighted by atomic mass is 16.6. The van der Waals surface area contributed by atoms with Gasteiger partial charge in [-0.1, -0.05) is 20.8 Å². The molecule has 0 amide bonds. The number of rotatable bonds is 0. The summed E-state index contributed by atoms with van der Waals surface area (Å²) in [5.41, 5.74) is 0.157. The van der Waals surface area contributed by atoms with Crippen molar-refractivity contribution in [2.75, 3.05) is 26.4 Å². The van der Waals surface area contributed by atoms with E-state index in [-0.39, 0.29) is 5.72 Å². The fourth-order valence-electron chi connectivity index (χ4n) is 2.26. The van der Waals surface area contributed by atoms with Crippen molar-refractivity contribution in [3.05, 3.63) is 0 Å². The minimum absolute atomic E-state index is 0.167. The number of nitrogens with one attached hydrogen (secondary N) is 1. The first kappa shape index (κ1) is 11.4. The minimum atomic E-state index is -0.167. The Labute approximate surface area is 92.5 Å². The van der Waals surface area contributed by atoms with Gasteiger partial charge in [0.1, 0.15) is 5.72 Å². The zero-order chi connectivity index (χ0) is 10.9. The second-order valence-corrected chi connectivity index (χ2v) is 5.91. The first-order chi connectivity index (χ1) is 7.02. The van der Waals surface area contributed by atoms with E-state index in [1.54, 1.807) is 0 Å². The molecule has 2 aliphatic rings. The van der Waals surface area contributed by atoms with Crippen LogP contribution in [-0.4, -0.2) is 32.1 Å². The first-order valence-electron chi connectivity index (χ1n) is 5.99. The quantitative estimate of drug-likeness (QED) is 0.665. The molecule has 0 bridgehead atoms. The average molecular weight is 213 g/mol. The fourth-order valence-corrected chi connectivity index (χ4v) is 2.26. The summed E-state index contributed by atoms with van der Waals surface area (Å²) in [6.45, 7) is 10.3. The summed E-state index contributed by atoms with van der Waals surface area (Å²) in [6, 6.07) is 0. The summed E-state index contributed by atoms with van der Waals surface area (Å²) in [7, 11) is 0. The summed E-state index contributed by atoms with van der Waals surface area (Å²) < 4.78 is 11.5. The van der Waals surface area contributed by atoms with Crippen molar-refractivity contribution in [3.8, 4) is 0 Å². The lowest BCUT2D eigenvalue weighted by molar-refractivity contribution is -0.185. The van der Waals surface area contributed by atoms with Gasteiger partial charge in [-0.25, -0.2) is 0 Å². The Morgan fingerprint density at radius 3 is 2.60 bits per heavy atom. The Balaban J connectivity index is 1.91. The van der Waals surface area contributed by atoms with E-state index >= 15 is 0 Å². The highest BCUT2D eigenvalue weighted by Crippen LogP contribution is 2.32. The standard InChI is InChI=1S/C12H23NO2/c1-11(2,3)10-7-13-12(15-8-10)5-4-6-14-9-12/h10,13H,4-9H2,1-3H3. The van der Waals surface area contributed by atoms with Crippen LogP contribution in [0.5, 0.6) is 0 Å². The van der Waals surface area contributed by atoms with E-state index < -0.39 is 0 Å². The second-order valence-electron chi connectivity index (χ2n) is 5.91. The minimum Gasteiger partial charge on any atom is -0.377 e.